The molecule has 5 rings (SSSR count). The van der Waals surface area contributed by atoms with Crippen molar-refractivity contribution < 1.29 is 17.9 Å². The van der Waals surface area contributed by atoms with E-state index >= 15 is 0 Å². The second-order valence-corrected chi connectivity index (χ2v) is 11.3. The van der Waals surface area contributed by atoms with Crippen molar-refractivity contribution in [1.82, 2.24) is 14.8 Å². The smallest absolute Gasteiger partial charge is 0.337 e. The van der Waals surface area contributed by atoms with Crippen LogP contribution in [0.15, 0.2) is 59.8 Å². The highest BCUT2D eigenvalue weighted by atomic mass is 35.5. The van der Waals surface area contributed by atoms with E-state index in [1.807, 2.05) is 22.9 Å². The molecule has 2 aromatic heterocycles. The normalized spacial score (nSPS) is 13.7. The van der Waals surface area contributed by atoms with Crippen molar-refractivity contribution in [2.45, 2.75) is 37.2 Å². The van der Waals surface area contributed by atoms with Gasteiger partial charge in [0.15, 0.2) is 5.82 Å². The standard InChI is InChI=1S/C25H22Cl2N4O4S/c1-15-9-17(25(32)35-2)4-8-23(15)36(33,34)30(24-21(27)11-19(26)13-28-24)14-16-3-7-22-18(10-16)12-29-31(22)20-5-6-20/h3-4,7-13,20H,5-6,14H2,1-2H3. The summed E-state index contributed by atoms with van der Waals surface area (Å²) in [6.07, 6.45) is 5.36. The lowest BCUT2D eigenvalue weighted by Crippen LogP contribution is -2.32. The largest absolute Gasteiger partial charge is 0.465 e. The van der Waals surface area contributed by atoms with Gasteiger partial charge in [-0.2, -0.15) is 5.10 Å². The zero-order valence-electron chi connectivity index (χ0n) is 19.5. The Morgan fingerprint density at radius 3 is 2.58 bits per heavy atom. The molecule has 4 aromatic rings. The number of carbonyl (C=O) groups excluding carboxylic acids is 1. The lowest BCUT2D eigenvalue weighted by Gasteiger charge is -2.25. The van der Waals surface area contributed by atoms with E-state index in [0.29, 0.717) is 11.6 Å². The average Bonchev–Trinajstić information content (AvgIpc) is 3.61. The van der Waals surface area contributed by atoms with E-state index in [-0.39, 0.29) is 32.9 Å². The van der Waals surface area contributed by atoms with Gasteiger partial charge in [-0.25, -0.2) is 22.5 Å². The summed E-state index contributed by atoms with van der Waals surface area (Å²) in [6, 6.07) is 11.9. The minimum absolute atomic E-state index is 0.0191. The summed E-state index contributed by atoms with van der Waals surface area (Å²) >= 11 is 12.5. The first-order valence-electron chi connectivity index (χ1n) is 11.2. The van der Waals surface area contributed by atoms with Gasteiger partial charge in [-0.05, 0) is 67.3 Å². The summed E-state index contributed by atoms with van der Waals surface area (Å²) in [4.78, 5) is 16.2. The third-order valence-electron chi connectivity index (χ3n) is 6.07. The first-order valence-corrected chi connectivity index (χ1v) is 13.4. The zero-order chi connectivity index (χ0) is 25.6. The third-order valence-corrected chi connectivity index (χ3v) is 8.45. The molecular formula is C25H22Cl2N4O4S. The number of aromatic nitrogens is 3. The molecule has 2 heterocycles. The summed E-state index contributed by atoms with van der Waals surface area (Å²) in [5.41, 5.74) is 2.38. The minimum atomic E-state index is -4.15. The van der Waals surface area contributed by atoms with Crippen LogP contribution in [0.5, 0.6) is 0 Å². The molecule has 1 aliphatic carbocycles. The Balaban J connectivity index is 1.58. The topological polar surface area (TPSA) is 94.4 Å². The number of aryl methyl sites for hydroxylation is 1. The van der Waals surface area contributed by atoms with E-state index in [1.165, 1.54) is 37.6 Å². The van der Waals surface area contributed by atoms with Crippen molar-refractivity contribution in [2.75, 3.05) is 11.4 Å². The zero-order valence-corrected chi connectivity index (χ0v) is 21.8. The van der Waals surface area contributed by atoms with Crippen molar-refractivity contribution in [3.05, 3.63) is 81.6 Å². The number of esters is 1. The highest BCUT2D eigenvalue weighted by Crippen LogP contribution is 2.37. The molecular weight excluding hydrogens is 523 g/mol. The van der Waals surface area contributed by atoms with Crippen LogP contribution in [-0.2, 0) is 21.3 Å². The van der Waals surface area contributed by atoms with Gasteiger partial charge in [-0.1, -0.05) is 29.3 Å². The summed E-state index contributed by atoms with van der Waals surface area (Å²) < 4.78 is 35.9. The first-order chi connectivity index (χ1) is 17.2. The van der Waals surface area contributed by atoms with Crippen molar-refractivity contribution >= 4 is 55.9 Å². The van der Waals surface area contributed by atoms with Crippen LogP contribution in [0, 0.1) is 6.92 Å². The SMILES string of the molecule is COC(=O)c1ccc(S(=O)(=O)N(Cc2ccc3c(cnn3C3CC3)c2)c2ncc(Cl)cc2Cl)c(C)c1. The van der Waals surface area contributed by atoms with Crippen LogP contribution in [0.1, 0.15) is 40.4 Å². The molecule has 2 aromatic carbocycles. The van der Waals surface area contributed by atoms with E-state index < -0.39 is 16.0 Å². The van der Waals surface area contributed by atoms with Crippen LogP contribution in [0.2, 0.25) is 10.0 Å². The number of hydrogen-bond acceptors (Lipinski definition) is 6. The number of halogens is 2. The maximum atomic E-state index is 14.0. The van der Waals surface area contributed by atoms with Crippen molar-refractivity contribution in [1.29, 1.82) is 0 Å². The van der Waals surface area contributed by atoms with Crippen LogP contribution in [0.4, 0.5) is 5.82 Å². The average molecular weight is 545 g/mol. The molecule has 1 fully saturated rings. The molecule has 0 bridgehead atoms. The third kappa shape index (κ3) is 4.54. The maximum absolute atomic E-state index is 14.0. The lowest BCUT2D eigenvalue weighted by atomic mass is 10.1. The van der Waals surface area contributed by atoms with Crippen LogP contribution >= 0.6 is 23.2 Å². The number of methoxy groups -OCH3 is 1. The van der Waals surface area contributed by atoms with Gasteiger partial charge in [0.1, 0.15) is 0 Å². The van der Waals surface area contributed by atoms with Gasteiger partial charge in [-0.3, -0.25) is 4.68 Å². The van der Waals surface area contributed by atoms with E-state index in [9.17, 15) is 13.2 Å². The number of nitrogens with zero attached hydrogens (tertiary/aromatic N) is 4. The molecule has 0 N–H and O–H groups in total. The van der Waals surface area contributed by atoms with Crippen LogP contribution in [0.25, 0.3) is 10.9 Å². The number of rotatable bonds is 7. The van der Waals surface area contributed by atoms with Crippen molar-refractivity contribution in [3.8, 4) is 0 Å². The van der Waals surface area contributed by atoms with Crippen LogP contribution in [0.3, 0.4) is 0 Å². The second-order valence-electron chi connectivity index (χ2n) is 8.66. The van der Waals surface area contributed by atoms with Crippen LogP contribution in [-0.4, -0.2) is 36.3 Å². The number of fused-ring (bicyclic) bond motifs is 1. The number of pyridine rings is 1. The molecule has 0 saturated heterocycles. The monoisotopic (exact) mass is 544 g/mol. The molecule has 0 aliphatic heterocycles. The second kappa shape index (κ2) is 9.38. The predicted molar refractivity (Wildman–Crippen MR) is 138 cm³/mol. The number of carbonyl (C=O) groups is 1. The van der Waals surface area contributed by atoms with Gasteiger partial charge in [0, 0.05) is 11.6 Å². The molecule has 0 unspecified atom stereocenters. The van der Waals surface area contributed by atoms with Crippen LogP contribution < -0.4 is 4.31 Å². The minimum Gasteiger partial charge on any atom is -0.465 e. The molecule has 0 amide bonds. The van der Waals surface area contributed by atoms with E-state index in [2.05, 4.69) is 10.1 Å². The highest BCUT2D eigenvalue weighted by Gasteiger charge is 2.31. The van der Waals surface area contributed by atoms with Crippen molar-refractivity contribution in [3.63, 3.8) is 0 Å². The van der Waals surface area contributed by atoms with Crippen molar-refractivity contribution in [2.24, 2.45) is 0 Å². The molecule has 36 heavy (non-hydrogen) atoms. The number of ether oxygens (including phenoxy) is 1. The summed E-state index contributed by atoms with van der Waals surface area (Å²) in [6.45, 7) is 1.59. The van der Waals surface area contributed by atoms with Gasteiger partial charge >= 0.3 is 5.97 Å². The summed E-state index contributed by atoms with van der Waals surface area (Å²) in [5.74, 6) is -0.507. The summed E-state index contributed by atoms with van der Waals surface area (Å²) in [7, 11) is -2.88. The maximum Gasteiger partial charge on any atom is 0.337 e. The van der Waals surface area contributed by atoms with E-state index in [0.717, 1.165) is 33.6 Å². The van der Waals surface area contributed by atoms with E-state index in [1.54, 1.807) is 13.1 Å². The molecule has 0 radical (unpaired) electrons. The summed E-state index contributed by atoms with van der Waals surface area (Å²) in [5, 5.41) is 5.80. The number of hydrogen-bond donors (Lipinski definition) is 0. The van der Waals surface area contributed by atoms with Gasteiger partial charge in [-0.15, -0.1) is 0 Å². The molecule has 0 atom stereocenters. The van der Waals surface area contributed by atoms with Gasteiger partial charge in [0.2, 0.25) is 0 Å². The molecule has 1 aliphatic rings. The Kier molecular flexibility index (Phi) is 6.40. The number of sulfonamides is 1. The number of anilines is 1. The Labute approximate surface area is 218 Å². The van der Waals surface area contributed by atoms with Gasteiger partial charge in [0.25, 0.3) is 10.0 Å². The Morgan fingerprint density at radius 1 is 1.14 bits per heavy atom. The van der Waals surface area contributed by atoms with Gasteiger partial charge < -0.3 is 4.74 Å². The van der Waals surface area contributed by atoms with Gasteiger partial charge in [0.05, 0.1) is 51.9 Å². The first kappa shape index (κ1) is 24.5. The fourth-order valence-corrected chi connectivity index (χ4v) is 6.31. The fraction of sp³-hybridized carbons (Fsp3) is 0.240. The molecule has 1 saturated carbocycles. The molecule has 186 valence electrons. The molecule has 0 spiro atoms. The Bertz CT molecular complexity index is 1600. The quantitative estimate of drug-likeness (QED) is 0.282. The lowest BCUT2D eigenvalue weighted by molar-refractivity contribution is 0.0600. The van der Waals surface area contributed by atoms with E-state index in [4.69, 9.17) is 27.9 Å². The number of benzene rings is 2. The molecule has 8 nitrogen and oxygen atoms in total. The highest BCUT2D eigenvalue weighted by molar-refractivity contribution is 7.92. The Morgan fingerprint density at radius 2 is 1.92 bits per heavy atom. The fourth-order valence-electron chi connectivity index (χ4n) is 4.14. The molecule has 11 heteroatoms. The predicted octanol–water partition coefficient (Wildman–Crippen LogP) is 5.56. The Hall–Kier alpha value is -3.14.